The molecule has 3 amide bonds. The monoisotopic (exact) mass is 390 g/mol. The van der Waals surface area contributed by atoms with Gasteiger partial charge in [-0.2, -0.15) is 0 Å². The third-order valence-electron chi connectivity index (χ3n) is 3.51. The van der Waals surface area contributed by atoms with Crippen LogP contribution < -0.4 is 21.7 Å². The maximum atomic E-state index is 12.3. The number of carbonyl (C=O) groups excluding carboxylic acids is 3. The van der Waals surface area contributed by atoms with Gasteiger partial charge < -0.3 is 37.0 Å². The molecule has 0 aliphatic rings. The van der Waals surface area contributed by atoms with Crippen LogP contribution >= 0.6 is 0 Å². The molecule has 0 aliphatic carbocycles. The van der Waals surface area contributed by atoms with Crippen LogP contribution in [0.5, 0.6) is 0 Å². The summed E-state index contributed by atoms with van der Waals surface area (Å²) in [5.74, 6) is -6.05. The number of aliphatic carboxylic acids is 2. The quantitative estimate of drug-likeness (QED) is 0.191. The van der Waals surface area contributed by atoms with Crippen molar-refractivity contribution >= 4 is 29.7 Å². The van der Waals surface area contributed by atoms with E-state index >= 15 is 0 Å². The van der Waals surface area contributed by atoms with Gasteiger partial charge in [0.05, 0.1) is 19.1 Å². The highest BCUT2D eigenvalue weighted by Gasteiger charge is 2.33. The maximum absolute atomic E-state index is 12.3. The van der Waals surface area contributed by atoms with Gasteiger partial charge in [0.1, 0.15) is 18.1 Å². The third kappa shape index (κ3) is 8.46. The molecule has 154 valence electrons. The number of nitrogens with two attached hydrogens (primary N) is 1. The average molecular weight is 390 g/mol. The van der Waals surface area contributed by atoms with E-state index in [2.05, 4.69) is 16.0 Å². The van der Waals surface area contributed by atoms with Crippen molar-refractivity contribution < 1.29 is 39.3 Å². The molecule has 0 bridgehead atoms. The Balaban J connectivity index is 5.35. The Hall–Kier alpha value is -2.73. The second-order valence-electron chi connectivity index (χ2n) is 6.22. The van der Waals surface area contributed by atoms with Crippen molar-refractivity contribution in [2.45, 2.75) is 51.4 Å². The summed E-state index contributed by atoms with van der Waals surface area (Å²) in [6, 6.07) is -4.40. The van der Waals surface area contributed by atoms with E-state index in [0.29, 0.717) is 0 Å². The molecular weight excluding hydrogens is 364 g/mol. The molecule has 4 atom stereocenters. The molecule has 12 nitrogen and oxygen atoms in total. The third-order valence-corrected chi connectivity index (χ3v) is 3.51. The van der Waals surface area contributed by atoms with E-state index in [1.165, 1.54) is 20.8 Å². The van der Waals surface area contributed by atoms with E-state index in [9.17, 15) is 29.1 Å². The van der Waals surface area contributed by atoms with Crippen molar-refractivity contribution in [2.75, 3.05) is 6.54 Å². The second kappa shape index (κ2) is 11.1. The second-order valence-corrected chi connectivity index (χ2v) is 6.22. The zero-order valence-electron chi connectivity index (χ0n) is 15.3. The highest BCUT2D eigenvalue weighted by Crippen LogP contribution is 2.04. The Morgan fingerprint density at radius 3 is 1.81 bits per heavy atom. The maximum Gasteiger partial charge on any atom is 0.326 e. The topological polar surface area (TPSA) is 208 Å². The molecule has 8 N–H and O–H groups in total. The lowest BCUT2D eigenvalue weighted by molar-refractivity contribution is -0.144. The van der Waals surface area contributed by atoms with Crippen molar-refractivity contribution in [3.63, 3.8) is 0 Å². The molecule has 0 aromatic heterocycles. The van der Waals surface area contributed by atoms with Gasteiger partial charge in [0.25, 0.3) is 0 Å². The average Bonchev–Trinajstić information content (AvgIpc) is 2.54. The summed E-state index contributed by atoms with van der Waals surface area (Å²) in [5, 5.41) is 34.1. The summed E-state index contributed by atoms with van der Waals surface area (Å²) in [5.41, 5.74) is 5.12. The van der Waals surface area contributed by atoms with Crippen LogP contribution in [0.2, 0.25) is 0 Å². The lowest BCUT2D eigenvalue weighted by Gasteiger charge is -2.25. The molecule has 0 spiro atoms. The number of carboxylic acids is 2. The Morgan fingerprint density at radius 1 is 0.889 bits per heavy atom. The predicted octanol–water partition coefficient (Wildman–Crippen LogP) is -3.00. The molecule has 0 saturated heterocycles. The van der Waals surface area contributed by atoms with Gasteiger partial charge in [-0.1, -0.05) is 13.8 Å². The molecule has 12 heteroatoms. The van der Waals surface area contributed by atoms with E-state index in [-0.39, 0.29) is 0 Å². The lowest BCUT2D eigenvalue weighted by atomic mass is 10.0. The van der Waals surface area contributed by atoms with Gasteiger partial charge in [0.2, 0.25) is 17.7 Å². The number of carboxylic acid groups (broad SMARTS) is 2. The van der Waals surface area contributed by atoms with Crippen molar-refractivity contribution in [1.29, 1.82) is 0 Å². The first-order valence-corrected chi connectivity index (χ1v) is 8.13. The van der Waals surface area contributed by atoms with Crippen LogP contribution in [0.1, 0.15) is 27.2 Å². The molecule has 0 heterocycles. The standard InChI is InChI=1S/C15H26N4O8/c1-6(2)11(15(26)27)19-13(24)8(4-10(22)23)17-14(25)12(7(3)20)18-9(21)5-16/h6-8,11-12,20H,4-5,16H2,1-3H3,(H,17,25)(H,18,21)(H,19,24)(H,22,23)(H,26,27). The van der Waals surface area contributed by atoms with Crippen molar-refractivity contribution in [2.24, 2.45) is 11.7 Å². The Labute approximate surface area is 155 Å². The fourth-order valence-corrected chi connectivity index (χ4v) is 2.05. The van der Waals surface area contributed by atoms with E-state index in [1.807, 2.05) is 0 Å². The van der Waals surface area contributed by atoms with E-state index in [0.717, 1.165) is 0 Å². The Bertz CT molecular complexity index is 578. The van der Waals surface area contributed by atoms with Gasteiger partial charge in [0.15, 0.2) is 0 Å². The highest BCUT2D eigenvalue weighted by molar-refractivity contribution is 5.95. The molecule has 0 aliphatic heterocycles. The molecule has 0 aromatic carbocycles. The first-order valence-electron chi connectivity index (χ1n) is 8.13. The van der Waals surface area contributed by atoms with E-state index < -0.39 is 72.8 Å². The molecular formula is C15H26N4O8. The molecule has 0 fully saturated rings. The van der Waals surface area contributed by atoms with E-state index in [1.54, 1.807) is 0 Å². The van der Waals surface area contributed by atoms with Crippen LogP contribution in [0.15, 0.2) is 0 Å². The smallest absolute Gasteiger partial charge is 0.326 e. The van der Waals surface area contributed by atoms with Gasteiger partial charge in [0, 0.05) is 0 Å². The summed E-state index contributed by atoms with van der Waals surface area (Å²) in [7, 11) is 0. The van der Waals surface area contributed by atoms with Gasteiger partial charge in [-0.15, -0.1) is 0 Å². The van der Waals surface area contributed by atoms with Crippen molar-refractivity contribution in [1.82, 2.24) is 16.0 Å². The van der Waals surface area contributed by atoms with Crippen LogP contribution in [-0.2, 0) is 24.0 Å². The van der Waals surface area contributed by atoms with Crippen LogP contribution in [0.3, 0.4) is 0 Å². The summed E-state index contributed by atoms with van der Waals surface area (Å²) in [6.45, 7) is 3.82. The SMILES string of the molecule is CC(C)C(NC(=O)C(CC(=O)O)NC(=O)C(NC(=O)CN)C(C)O)C(=O)O. The largest absolute Gasteiger partial charge is 0.481 e. The summed E-state index contributed by atoms with van der Waals surface area (Å²) >= 11 is 0. The normalized spacial score (nSPS) is 15.2. The van der Waals surface area contributed by atoms with Gasteiger partial charge >= 0.3 is 11.9 Å². The summed E-state index contributed by atoms with van der Waals surface area (Å²) in [6.07, 6.45) is -2.20. The minimum absolute atomic E-state index is 0.454. The highest BCUT2D eigenvalue weighted by atomic mass is 16.4. The van der Waals surface area contributed by atoms with Crippen LogP contribution in [0.25, 0.3) is 0 Å². The molecule has 0 aromatic rings. The number of amides is 3. The zero-order chi connectivity index (χ0) is 21.3. The number of hydrogen-bond donors (Lipinski definition) is 7. The number of hydrogen-bond acceptors (Lipinski definition) is 7. The van der Waals surface area contributed by atoms with E-state index in [4.69, 9.17) is 15.9 Å². The van der Waals surface area contributed by atoms with Crippen molar-refractivity contribution in [3.8, 4) is 0 Å². The van der Waals surface area contributed by atoms with Crippen LogP contribution in [0, 0.1) is 5.92 Å². The van der Waals surface area contributed by atoms with Gasteiger partial charge in [-0.25, -0.2) is 4.79 Å². The Morgan fingerprint density at radius 2 is 1.44 bits per heavy atom. The lowest BCUT2D eigenvalue weighted by Crippen LogP contribution is -2.59. The number of rotatable bonds is 11. The Kier molecular flexibility index (Phi) is 9.96. The van der Waals surface area contributed by atoms with Crippen LogP contribution in [0.4, 0.5) is 0 Å². The van der Waals surface area contributed by atoms with Gasteiger partial charge in [-0.05, 0) is 12.8 Å². The molecule has 0 rings (SSSR count). The molecule has 0 saturated carbocycles. The predicted molar refractivity (Wildman–Crippen MR) is 91.3 cm³/mol. The first kappa shape index (κ1) is 24.3. The number of aliphatic hydroxyl groups is 1. The summed E-state index contributed by atoms with van der Waals surface area (Å²) in [4.78, 5) is 58.1. The zero-order valence-corrected chi connectivity index (χ0v) is 15.3. The first-order chi connectivity index (χ1) is 12.4. The fraction of sp³-hybridized carbons (Fsp3) is 0.667. The minimum Gasteiger partial charge on any atom is -0.481 e. The molecule has 27 heavy (non-hydrogen) atoms. The number of carbonyl (C=O) groups is 5. The number of aliphatic hydroxyl groups excluding tert-OH is 1. The molecule has 4 unspecified atom stereocenters. The number of nitrogens with one attached hydrogen (secondary N) is 3. The fourth-order valence-electron chi connectivity index (χ4n) is 2.05. The summed E-state index contributed by atoms with van der Waals surface area (Å²) < 4.78 is 0. The van der Waals surface area contributed by atoms with Crippen LogP contribution in [-0.4, -0.2) is 75.8 Å². The van der Waals surface area contributed by atoms with Crippen molar-refractivity contribution in [3.05, 3.63) is 0 Å². The molecule has 0 radical (unpaired) electrons. The van der Waals surface area contributed by atoms with Gasteiger partial charge in [-0.3, -0.25) is 19.2 Å². The minimum atomic E-state index is -1.62.